The monoisotopic (exact) mass is 376 g/mol. The first-order chi connectivity index (χ1) is 11.3. The molecule has 1 nitrogen and oxygen atoms in total. The fraction of sp³-hybridized carbons (Fsp3) is 0.111. The SMILES string of the molecule is Fc1ccccc1C#Cc1cc(Cl)cc2c1OC(C(F)(F)F)C=C2.[H-].[Na+]. The smallest absolute Gasteiger partial charge is 1.00 e. The molecule has 3 rings (SSSR count). The van der Waals surface area contributed by atoms with Crippen molar-refractivity contribution >= 4 is 17.7 Å². The van der Waals surface area contributed by atoms with E-state index in [2.05, 4.69) is 11.8 Å². The van der Waals surface area contributed by atoms with Gasteiger partial charge in [0.2, 0.25) is 6.10 Å². The van der Waals surface area contributed by atoms with Gasteiger partial charge in [0.05, 0.1) is 11.1 Å². The largest absolute Gasteiger partial charge is 1.00 e. The van der Waals surface area contributed by atoms with Gasteiger partial charge in [-0.25, -0.2) is 4.39 Å². The molecule has 0 radical (unpaired) electrons. The second-order valence-electron chi connectivity index (χ2n) is 5.04. The number of alkyl halides is 3. The van der Waals surface area contributed by atoms with Crippen LogP contribution in [0.15, 0.2) is 42.5 Å². The number of rotatable bonds is 0. The van der Waals surface area contributed by atoms with Crippen LogP contribution in [0.3, 0.4) is 0 Å². The van der Waals surface area contributed by atoms with Gasteiger partial charge in [0.15, 0.2) is 0 Å². The molecule has 0 spiro atoms. The Morgan fingerprint density at radius 2 is 1.76 bits per heavy atom. The first kappa shape index (κ1) is 19.9. The Morgan fingerprint density at radius 1 is 1.08 bits per heavy atom. The normalized spacial score (nSPS) is 15.3. The summed E-state index contributed by atoms with van der Waals surface area (Å²) in [5.74, 6) is 4.69. The van der Waals surface area contributed by atoms with E-state index in [-0.39, 0.29) is 47.9 Å². The standard InChI is InChI=1S/C18H9ClF4O.Na.H/c19-14-9-12(6-5-11-3-1-2-4-15(11)20)17-13(10-14)7-8-16(24-17)18(21,22)23;;/h1-4,7-10,16H;;/q;+1;-1. The molecule has 1 aliphatic rings. The van der Waals surface area contributed by atoms with E-state index in [9.17, 15) is 17.6 Å². The maximum absolute atomic E-state index is 13.6. The van der Waals surface area contributed by atoms with Crippen LogP contribution in [-0.2, 0) is 0 Å². The molecule has 0 bridgehead atoms. The van der Waals surface area contributed by atoms with E-state index in [1.54, 1.807) is 6.07 Å². The van der Waals surface area contributed by atoms with Crippen LogP contribution in [0.2, 0.25) is 5.02 Å². The number of halogens is 5. The summed E-state index contributed by atoms with van der Waals surface area (Å²) in [4.78, 5) is 0. The molecule has 7 heteroatoms. The zero-order valence-electron chi connectivity index (χ0n) is 14.0. The Kier molecular flexibility index (Phi) is 6.23. The predicted octanol–water partition coefficient (Wildman–Crippen LogP) is 2.33. The first-order valence-corrected chi connectivity index (χ1v) is 7.24. The summed E-state index contributed by atoms with van der Waals surface area (Å²) in [6, 6.07) is 8.72. The van der Waals surface area contributed by atoms with Crippen molar-refractivity contribution < 1.29 is 53.3 Å². The second kappa shape index (κ2) is 7.84. The van der Waals surface area contributed by atoms with Crippen molar-refractivity contribution in [2.75, 3.05) is 0 Å². The van der Waals surface area contributed by atoms with Gasteiger partial charge in [0.25, 0.3) is 0 Å². The molecule has 0 fully saturated rings. The third-order valence-electron chi connectivity index (χ3n) is 3.31. The van der Waals surface area contributed by atoms with Gasteiger partial charge in [-0.15, -0.1) is 0 Å². The molecule has 2 aromatic carbocycles. The Labute approximate surface area is 170 Å². The average molecular weight is 377 g/mol. The molecule has 0 N–H and O–H groups in total. The van der Waals surface area contributed by atoms with Crippen LogP contribution in [0.5, 0.6) is 5.75 Å². The number of hydrogen-bond donors (Lipinski definition) is 0. The van der Waals surface area contributed by atoms with Crippen LogP contribution >= 0.6 is 11.6 Å². The van der Waals surface area contributed by atoms with Crippen molar-refractivity contribution in [1.82, 2.24) is 0 Å². The molecular formula is C18H10ClF4NaO. The molecular weight excluding hydrogens is 367 g/mol. The molecule has 0 amide bonds. The van der Waals surface area contributed by atoms with E-state index in [4.69, 9.17) is 16.3 Å². The van der Waals surface area contributed by atoms with E-state index in [0.29, 0.717) is 10.6 Å². The molecule has 1 heterocycles. The van der Waals surface area contributed by atoms with Gasteiger partial charge >= 0.3 is 35.7 Å². The van der Waals surface area contributed by atoms with Gasteiger partial charge < -0.3 is 6.16 Å². The van der Waals surface area contributed by atoms with Gasteiger partial charge in [-0.3, -0.25) is 0 Å². The van der Waals surface area contributed by atoms with E-state index in [0.717, 1.165) is 6.08 Å². The van der Waals surface area contributed by atoms with E-state index < -0.39 is 18.1 Å². The molecule has 1 atom stereocenters. The fourth-order valence-corrected chi connectivity index (χ4v) is 2.42. The second-order valence-corrected chi connectivity index (χ2v) is 5.48. The van der Waals surface area contributed by atoms with Crippen molar-refractivity contribution in [2.24, 2.45) is 0 Å². The first-order valence-electron chi connectivity index (χ1n) is 6.86. The summed E-state index contributed by atoms with van der Waals surface area (Å²) in [7, 11) is 0. The molecule has 25 heavy (non-hydrogen) atoms. The molecule has 0 saturated heterocycles. The van der Waals surface area contributed by atoms with Gasteiger partial charge in [-0.1, -0.05) is 41.7 Å². The van der Waals surface area contributed by atoms with E-state index >= 15 is 0 Å². The minimum atomic E-state index is -4.54. The Morgan fingerprint density at radius 3 is 2.44 bits per heavy atom. The van der Waals surface area contributed by atoms with E-state index in [1.807, 2.05) is 0 Å². The Balaban J connectivity index is 0.00000169. The van der Waals surface area contributed by atoms with Crippen LogP contribution in [0.25, 0.3) is 6.08 Å². The topological polar surface area (TPSA) is 9.23 Å². The Bertz CT molecular complexity index is 887. The van der Waals surface area contributed by atoms with Crippen molar-refractivity contribution in [2.45, 2.75) is 12.3 Å². The van der Waals surface area contributed by atoms with Crippen molar-refractivity contribution in [3.8, 4) is 17.6 Å². The van der Waals surface area contributed by atoms with Crippen LogP contribution in [0.4, 0.5) is 17.6 Å². The molecule has 2 aromatic rings. The van der Waals surface area contributed by atoms with Crippen molar-refractivity contribution in [3.63, 3.8) is 0 Å². The minimum absolute atomic E-state index is 0. The molecule has 1 unspecified atom stereocenters. The third kappa shape index (κ3) is 4.59. The fourth-order valence-electron chi connectivity index (χ4n) is 2.19. The van der Waals surface area contributed by atoms with Gasteiger partial charge in [0.1, 0.15) is 11.6 Å². The van der Waals surface area contributed by atoms with Crippen LogP contribution in [-0.4, -0.2) is 12.3 Å². The third-order valence-corrected chi connectivity index (χ3v) is 3.52. The van der Waals surface area contributed by atoms with E-state index in [1.165, 1.54) is 36.4 Å². The molecule has 0 saturated carbocycles. The predicted molar refractivity (Wildman–Crippen MR) is 84.4 cm³/mol. The summed E-state index contributed by atoms with van der Waals surface area (Å²) in [5, 5.41) is 0.297. The number of hydrogen-bond acceptors (Lipinski definition) is 1. The number of benzene rings is 2. The summed E-state index contributed by atoms with van der Waals surface area (Å²) < 4.78 is 57.2. The Hall–Kier alpha value is -1.45. The number of fused-ring (bicyclic) bond motifs is 1. The van der Waals surface area contributed by atoms with Crippen molar-refractivity contribution in [3.05, 3.63) is 70.0 Å². The van der Waals surface area contributed by atoms with Crippen LogP contribution in [0, 0.1) is 17.7 Å². The molecule has 0 aliphatic carbocycles. The molecule has 1 aliphatic heterocycles. The molecule has 0 aromatic heterocycles. The minimum Gasteiger partial charge on any atom is -1.00 e. The quantitative estimate of drug-likeness (QED) is 0.389. The zero-order chi connectivity index (χ0) is 17.3. The van der Waals surface area contributed by atoms with Gasteiger partial charge in [0, 0.05) is 10.6 Å². The van der Waals surface area contributed by atoms with Gasteiger partial charge in [-0.2, -0.15) is 13.2 Å². The average Bonchev–Trinajstić information content (AvgIpc) is 2.52. The van der Waals surface area contributed by atoms with Crippen LogP contribution in [0.1, 0.15) is 18.1 Å². The van der Waals surface area contributed by atoms with Crippen molar-refractivity contribution in [1.29, 1.82) is 0 Å². The maximum Gasteiger partial charge on any atom is 1.00 e. The zero-order valence-corrected chi connectivity index (χ0v) is 15.8. The number of ether oxygens (including phenoxy) is 1. The molecule has 124 valence electrons. The summed E-state index contributed by atoms with van der Waals surface area (Å²) >= 11 is 5.97. The summed E-state index contributed by atoms with van der Waals surface area (Å²) in [6.07, 6.45) is -4.39. The summed E-state index contributed by atoms with van der Waals surface area (Å²) in [5.41, 5.74) is 0.685. The maximum atomic E-state index is 13.6. The van der Waals surface area contributed by atoms with Crippen LogP contribution < -0.4 is 34.3 Å². The van der Waals surface area contributed by atoms with Gasteiger partial charge in [-0.05, 0) is 30.3 Å². The summed E-state index contributed by atoms with van der Waals surface area (Å²) in [6.45, 7) is 0.